The second-order valence-electron chi connectivity index (χ2n) is 7.65. The summed E-state index contributed by atoms with van der Waals surface area (Å²) in [7, 11) is -1.69. The van der Waals surface area contributed by atoms with Crippen LogP contribution in [-0.2, 0) is 15.5 Å². The molecular formula is C23H26ClF2NO3S. The number of likely N-dealkylation sites (tertiary alicyclic amines) is 1. The summed E-state index contributed by atoms with van der Waals surface area (Å²) in [5.74, 6) is -0.641. The molecule has 1 unspecified atom stereocenters. The largest absolute Gasteiger partial charge is 0.449 e. The predicted octanol–water partition coefficient (Wildman–Crippen LogP) is 6.12. The number of hydrogen-bond acceptors (Lipinski definition) is 3. The molecule has 1 aliphatic rings. The highest BCUT2D eigenvalue weighted by Gasteiger charge is 2.26. The Hall–Kier alpha value is -1.99. The third kappa shape index (κ3) is 6.26. The second-order valence-corrected chi connectivity index (χ2v) is 9.72. The highest BCUT2D eigenvalue weighted by atomic mass is 35.5. The van der Waals surface area contributed by atoms with E-state index in [1.807, 2.05) is 0 Å². The Bertz CT molecular complexity index is 918. The van der Waals surface area contributed by atoms with Gasteiger partial charge in [0.15, 0.2) is 0 Å². The molecule has 4 nitrogen and oxygen atoms in total. The van der Waals surface area contributed by atoms with Crippen LogP contribution in [0.2, 0.25) is 5.02 Å². The van der Waals surface area contributed by atoms with Crippen LogP contribution in [0.5, 0.6) is 0 Å². The van der Waals surface area contributed by atoms with Crippen molar-refractivity contribution in [2.45, 2.75) is 42.8 Å². The first-order chi connectivity index (χ1) is 14.9. The number of ether oxygens (including phenoxy) is 1. The number of hydrogen-bond donors (Lipinski definition) is 0. The van der Waals surface area contributed by atoms with Crippen LogP contribution < -0.4 is 0 Å². The maximum Gasteiger partial charge on any atom is 0.409 e. The van der Waals surface area contributed by atoms with Crippen molar-refractivity contribution < 1.29 is 22.5 Å². The lowest BCUT2D eigenvalue weighted by Gasteiger charge is -2.30. The van der Waals surface area contributed by atoms with Crippen molar-refractivity contribution in [1.29, 1.82) is 0 Å². The first-order valence-electron chi connectivity index (χ1n) is 10.4. The van der Waals surface area contributed by atoms with E-state index in [1.54, 1.807) is 29.2 Å². The lowest BCUT2D eigenvalue weighted by atomic mass is 9.95. The van der Waals surface area contributed by atoms with Crippen LogP contribution in [0.15, 0.2) is 47.4 Å². The van der Waals surface area contributed by atoms with E-state index in [4.69, 9.17) is 16.3 Å². The fraction of sp³-hybridized carbons (Fsp3) is 0.435. The minimum Gasteiger partial charge on any atom is -0.449 e. The van der Waals surface area contributed by atoms with Crippen molar-refractivity contribution in [3.8, 4) is 0 Å². The molecule has 1 amide bonds. The topological polar surface area (TPSA) is 46.6 Å². The lowest BCUT2D eigenvalue weighted by molar-refractivity contribution is 0.0862. The Morgan fingerprint density at radius 2 is 1.87 bits per heavy atom. The summed E-state index contributed by atoms with van der Waals surface area (Å²) >= 11 is 5.90. The summed E-state index contributed by atoms with van der Waals surface area (Å²) in [5, 5.41) is -0.398. The molecule has 2 atom stereocenters. The Balaban J connectivity index is 1.70. The molecule has 2 aromatic rings. The van der Waals surface area contributed by atoms with E-state index in [0.29, 0.717) is 28.9 Å². The number of carbonyl (C=O) groups excluding carboxylic acids is 1. The molecule has 1 fully saturated rings. The number of nitrogens with zero attached hydrogens (tertiary/aromatic N) is 1. The first kappa shape index (κ1) is 23.7. The Morgan fingerprint density at radius 1 is 1.19 bits per heavy atom. The fourth-order valence-corrected chi connectivity index (χ4v) is 5.32. The average molecular weight is 470 g/mol. The van der Waals surface area contributed by atoms with Gasteiger partial charge in [-0.15, -0.1) is 0 Å². The molecule has 0 saturated carbocycles. The monoisotopic (exact) mass is 469 g/mol. The van der Waals surface area contributed by atoms with Crippen LogP contribution in [0.25, 0.3) is 0 Å². The Morgan fingerprint density at radius 3 is 2.52 bits per heavy atom. The van der Waals surface area contributed by atoms with Crippen molar-refractivity contribution in [2.75, 3.05) is 19.7 Å². The van der Waals surface area contributed by atoms with Crippen molar-refractivity contribution in [1.82, 2.24) is 4.90 Å². The van der Waals surface area contributed by atoms with E-state index >= 15 is 0 Å². The van der Waals surface area contributed by atoms with Crippen molar-refractivity contribution >= 4 is 28.5 Å². The minimum absolute atomic E-state index is 0.00640. The van der Waals surface area contributed by atoms with Gasteiger partial charge < -0.3 is 9.64 Å². The first-order valence-corrected chi connectivity index (χ1v) is 12.0. The second kappa shape index (κ2) is 11.0. The maximum atomic E-state index is 14.5. The third-order valence-electron chi connectivity index (χ3n) is 5.66. The number of amides is 1. The predicted molar refractivity (Wildman–Crippen MR) is 118 cm³/mol. The van der Waals surface area contributed by atoms with Crippen LogP contribution >= 0.6 is 11.6 Å². The molecule has 0 spiro atoms. The van der Waals surface area contributed by atoms with E-state index in [-0.39, 0.29) is 18.6 Å². The van der Waals surface area contributed by atoms with Gasteiger partial charge in [0, 0.05) is 35.0 Å². The Labute approximate surface area is 189 Å². The van der Waals surface area contributed by atoms with Gasteiger partial charge in [0.2, 0.25) is 0 Å². The smallest absolute Gasteiger partial charge is 0.409 e. The van der Waals surface area contributed by atoms with Crippen LogP contribution in [0.1, 0.15) is 43.4 Å². The van der Waals surface area contributed by atoms with Crippen LogP contribution in [0, 0.1) is 17.6 Å². The maximum absolute atomic E-state index is 14.5. The molecule has 0 bridgehead atoms. The van der Waals surface area contributed by atoms with Gasteiger partial charge in [-0.05, 0) is 61.2 Å². The van der Waals surface area contributed by atoms with Gasteiger partial charge in [0.05, 0.1) is 22.7 Å². The summed E-state index contributed by atoms with van der Waals surface area (Å²) in [6, 6.07) is 9.44. The molecule has 168 valence electrons. The summed E-state index contributed by atoms with van der Waals surface area (Å²) in [6.07, 6.45) is 2.66. The van der Waals surface area contributed by atoms with Gasteiger partial charge >= 0.3 is 6.09 Å². The standard InChI is InChI=1S/C23H26ClF2NO3S/c1-2-16-9-12-27(13-10-16)23(28)30-14-11-22(20-15-18(25)5-8-21(20)26)31(29)19-6-3-17(24)4-7-19/h3-8,15-16,22H,2,9-14H2,1H3/t22-,31?/m0/s1. The SMILES string of the molecule is CCC1CCN(C(=O)OCC[C@@H](c2cc(F)ccc2F)S(=O)c2ccc(Cl)cc2)CC1. The zero-order valence-corrected chi connectivity index (χ0v) is 18.9. The summed E-state index contributed by atoms with van der Waals surface area (Å²) in [4.78, 5) is 14.5. The van der Waals surface area contributed by atoms with E-state index < -0.39 is 33.8 Å². The van der Waals surface area contributed by atoms with E-state index in [1.165, 1.54) is 0 Å². The van der Waals surface area contributed by atoms with Crippen molar-refractivity contribution in [3.05, 3.63) is 64.7 Å². The molecule has 8 heteroatoms. The van der Waals surface area contributed by atoms with Crippen LogP contribution in [0.4, 0.5) is 13.6 Å². The van der Waals surface area contributed by atoms with Crippen molar-refractivity contribution in [3.63, 3.8) is 0 Å². The number of halogens is 3. The van der Waals surface area contributed by atoms with Gasteiger partial charge in [-0.3, -0.25) is 4.21 Å². The van der Waals surface area contributed by atoms with E-state index in [0.717, 1.165) is 37.5 Å². The number of carbonyl (C=O) groups is 1. The summed E-state index contributed by atoms with van der Waals surface area (Å²) in [5.41, 5.74) is -0.00640. The van der Waals surface area contributed by atoms with Gasteiger partial charge in [0.25, 0.3) is 0 Å². The molecule has 0 aliphatic carbocycles. The molecule has 1 heterocycles. The average Bonchev–Trinajstić information content (AvgIpc) is 2.78. The molecule has 0 N–H and O–H groups in total. The van der Waals surface area contributed by atoms with Gasteiger partial charge in [-0.1, -0.05) is 24.9 Å². The molecule has 1 saturated heterocycles. The van der Waals surface area contributed by atoms with Gasteiger partial charge in [0.1, 0.15) is 11.6 Å². The lowest BCUT2D eigenvalue weighted by Crippen LogP contribution is -2.38. The highest BCUT2D eigenvalue weighted by Crippen LogP contribution is 2.31. The molecule has 0 radical (unpaired) electrons. The highest BCUT2D eigenvalue weighted by molar-refractivity contribution is 7.85. The number of benzene rings is 2. The zero-order valence-electron chi connectivity index (χ0n) is 17.4. The molecule has 1 aliphatic heterocycles. The fourth-order valence-electron chi connectivity index (χ4n) is 3.74. The molecule has 0 aromatic heterocycles. The zero-order chi connectivity index (χ0) is 22.4. The minimum atomic E-state index is -1.69. The van der Waals surface area contributed by atoms with E-state index in [2.05, 4.69) is 6.92 Å². The van der Waals surface area contributed by atoms with Crippen LogP contribution in [0.3, 0.4) is 0 Å². The molecule has 31 heavy (non-hydrogen) atoms. The quantitative estimate of drug-likeness (QED) is 0.491. The normalized spacial score (nSPS) is 16.7. The molecule has 2 aromatic carbocycles. The summed E-state index contributed by atoms with van der Waals surface area (Å²) in [6.45, 7) is 3.39. The van der Waals surface area contributed by atoms with Gasteiger partial charge in [-0.2, -0.15) is 0 Å². The molecular weight excluding hydrogens is 444 g/mol. The van der Waals surface area contributed by atoms with Crippen molar-refractivity contribution in [2.24, 2.45) is 5.92 Å². The number of rotatable bonds is 7. The Kier molecular flexibility index (Phi) is 8.43. The van der Waals surface area contributed by atoms with E-state index in [9.17, 15) is 17.8 Å². The third-order valence-corrected chi connectivity index (χ3v) is 7.66. The molecule has 3 rings (SSSR count). The van der Waals surface area contributed by atoms with Gasteiger partial charge in [-0.25, -0.2) is 13.6 Å². The number of piperidine rings is 1. The van der Waals surface area contributed by atoms with Crippen LogP contribution in [-0.4, -0.2) is 34.9 Å². The summed E-state index contributed by atoms with van der Waals surface area (Å²) < 4.78 is 46.9.